The highest BCUT2D eigenvalue weighted by Gasteiger charge is 2.27. The van der Waals surface area contributed by atoms with E-state index in [2.05, 4.69) is 5.32 Å². The molecule has 2 rings (SSSR count). The second-order valence-corrected chi connectivity index (χ2v) is 11.0. The number of halogens is 1. The largest absolute Gasteiger partial charge is 0.497 e. The average molecular weight is 522 g/mol. The predicted octanol–water partition coefficient (Wildman–Crippen LogP) is 3.57. The van der Waals surface area contributed by atoms with Crippen molar-refractivity contribution in [3.8, 4) is 5.75 Å². The van der Waals surface area contributed by atoms with Gasteiger partial charge in [-0.1, -0.05) is 38.1 Å². The number of carbonyl (C=O) groups excluding carboxylic acids is 2. The van der Waals surface area contributed by atoms with Crippen molar-refractivity contribution >= 4 is 27.5 Å². The number of para-hydroxylation sites is 1. The van der Waals surface area contributed by atoms with Crippen LogP contribution in [-0.4, -0.2) is 57.6 Å². The molecule has 0 aliphatic heterocycles. The molecule has 8 nitrogen and oxygen atoms in total. The molecule has 0 spiro atoms. The molecule has 10 heteroatoms. The first-order valence-electron chi connectivity index (χ1n) is 11.9. The summed E-state index contributed by atoms with van der Waals surface area (Å²) in [6.07, 6.45) is 1.12. The van der Waals surface area contributed by atoms with Gasteiger partial charge < -0.3 is 15.0 Å². The maximum atomic E-state index is 14.3. The van der Waals surface area contributed by atoms with Crippen molar-refractivity contribution in [3.63, 3.8) is 0 Å². The molecule has 0 bridgehead atoms. The molecule has 2 aromatic carbocycles. The third-order valence-corrected chi connectivity index (χ3v) is 6.79. The van der Waals surface area contributed by atoms with Crippen molar-refractivity contribution in [2.75, 3.05) is 30.8 Å². The molecule has 0 saturated carbocycles. The van der Waals surface area contributed by atoms with Gasteiger partial charge in [0.1, 0.15) is 17.6 Å². The lowest BCUT2D eigenvalue weighted by molar-refractivity contribution is -0.140. The molecule has 2 aromatic rings. The Bertz CT molecular complexity index is 1140. The molecule has 1 N–H and O–H groups in total. The SMILES string of the molecule is COc1cccc(CN(C(=O)CCCN(c2ccccc2F)S(C)(=O)=O)[C@@H](C)C(=O)NCC(C)C)c1. The molecule has 0 radical (unpaired) electrons. The van der Waals surface area contributed by atoms with Crippen LogP contribution in [0.25, 0.3) is 0 Å². The Labute approximate surface area is 213 Å². The van der Waals surface area contributed by atoms with Gasteiger partial charge in [0.2, 0.25) is 21.8 Å². The Kier molecular flexibility index (Phi) is 10.7. The van der Waals surface area contributed by atoms with Crippen molar-refractivity contribution < 1.29 is 27.1 Å². The number of nitrogens with zero attached hydrogens (tertiary/aromatic N) is 2. The zero-order valence-corrected chi connectivity index (χ0v) is 22.3. The van der Waals surface area contributed by atoms with Gasteiger partial charge in [0.05, 0.1) is 19.1 Å². The van der Waals surface area contributed by atoms with E-state index in [1.807, 2.05) is 19.9 Å². The number of benzene rings is 2. The number of amides is 2. The number of nitrogens with one attached hydrogen (secondary N) is 1. The summed E-state index contributed by atoms with van der Waals surface area (Å²) in [5, 5.41) is 2.86. The number of carbonyl (C=O) groups is 2. The van der Waals surface area contributed by atoms with Gasteiger partial charge in [-0.15, -0.1) is 0 Å². The van der Waals surface area contributed by atoms with Crippen LogP contribution >= 0.6 is 0 Å². The molecule has 1 atom stereocenters. The molecule has 0 saturated heterocycles. The summed E-state index contributed by atoms with van der Waals surface area (Å²) in [5.74, 6) is -0.366. The number of hydrogen-bond donors (Lipinski definition) is 1. The summed E-state index contributed by atoms with van der Waals surface area (Å²) < 4.78 is 45.1. The van der Waals surface area contributed by atoms with Crippen LogP contribution in [0.5, 0.6) is 5.75 Å². The Balaban J connectivity index is 2.19. The van der Waals surface area contributed by atoms with Crippen molar-refractivity contribution in [2.24, 2.45) is 5.92 Å². The maximum absolute atomic E-state index is 14.3. The quantitative estimate of drug-likeness (QED) is 0.435. The lowest BCUT2D eigenvalue weighted by Crippen LogP contribution is -2.48. The number of methoxy groups -OCH3 is 1. The fourth-order valence-electron chi connectivity index (χ4n) is 3.64. The Hall–Kier alpha value is -3.14. The van der Waals surface area contributed by atoms with Crippen molar-refractivity contribution in [3.05, 3.63) is 59.9 Å². The van der Waals surface area contributed by atoms with E-state index in [9.17, 15) is 22.4 Å². The normalized spacial score (nSPS) is 12.2. The molecule has 2 amide bonds. The highest BCUT2D eigenvalue weighted by atomic mass is 32.2. The smallest absolute Gasteiger partial charge is 0.242 e. The van der Waals surface area contributed by atoms with Gasteiger partial charge in [-0.05, 0) is 49.1 Å². The van der Waals surface area contributed by atoms with E-state index in [1.165, 1.54) is 23.1 Å². The third kappa shape index (κ3) is 8.51. The van der Waals surface area contributed by atoms with E-state index >= 15 is 0 Å². The van der Waals surface area contributed by atoms with E-state index < -0.39 is 21.9 Å². The highest BCUT2D eigenvalue weighted by molar-refractivity contribution is 7.92. The van der Waals surface area contributed by atoms with Crippen LogP contribution in [0.4, 0.5) is 10.1 Å². The first-order valence-corrected chi connectivity index (χ1v) is 13.7. The van der Waals surface area contributed by atoms with Gasteiger partial charge in [0, 0.05) is 26.1 Å². The van der Waals surface area contributed by atoms with Crippen molar-refractivity contribution in [1.29, 1.82) is 0 Å². The summed E-state index contributed by atoms with van der Waals surface area (Å²) in [4.78, 5) is 27.5. The Morgan fingerprint density at radius 3 is 2.39 bits per heavy atom. The maximum Gasteiger partial charge on any atom is 0.242 e. The van der Waals surface area contributed by atoms with Crippen LogP contribution in [0.2, 0.25) is 0 Å². The van der Waals surface area contributed by atoms with E-state index in [-0.39, 0.29) is 49.4 Å². The first-order chi connectivity index (χ1) is 16.9. The zero-order valence-electron chi connectivity index (χ0n) is 21.5. The minimum Gasteiger partial charge on any atom is -0.497 e. The minimum absolute atomic E-state index is 0.0216. The standard InChI is InChI=1S/C26H36FN3O5S/c1-19(2)17-28-26(32)20(3)29(18-21-10-8-11-22(16-21)35-4)25(31)14-9-15-30(36(5,33)34)24-13-7-6-12-23(24)27/h6-8,10-13,16,19-20H,9,14-15,17-18H2,1-5H3,(H,28,32)/t20-/m0/s1. The highest BCUT2D eigenvalue weighted by Crippen LogP contribution is 2.22. The van der Waals surface area contributed by atoms with Crippen LogP contribution in [0, 0.1) is 11.7 Å². The van der Waals surface area contributed by atoms with Crippen LogP contribution in [0.3, 0.4) is 0 Å². The number of sulfonamides is 1. The second-order valence-electron chi connectivity index (χ2n) is 9.08. The molecular formula is C26H36FN3O5S. The van der Waals surface area contributed by atoms with Crippen LogP contribution in [0.1, 0.15) is 39.2 Å². The topological polar surface area (TPSA) is 96.0 Å². The van der Waals surface area contributed by atoms with E-state index in [1.54, 1.807) is 38.3 Å². The van der Waals surface area contributed by atoms with Gasteiger partial charge in [-0.25, -0.2) is 12.8 Å². The van der Waals surface area contributed by atoms with E-state index in [4.69, 9.17) is 4.74 Å². The molecule has 0 unspecified atom stereocenters. The van der Waals surface area contributed by atoms with Gasteiger partial charge in [-0.3, -0.25) is 13.9 Å². The monoisotopic (exact) mass is 521 g/mol. The van der Waals surface area contributed by atoms with Crippen LogP contribution in [0.15, 0.2) is 48.5 Å². The van der Waals surface area contributed by atoms with Gasteiger partial charge in [0.15, 0.2) is 0 Å². The fourth-order valence-corrected chi connectivity index (χ4v) is 4.61. The second kappa shape index (κ2) is 13.2. The molecule has 36 heavy (non-hydrogen) atoms. The lowest BCUT2D eigenvalue weighted by Gasteiger charge is -2.30. The number of anilines is 1. The molecule has 0 heterocycles. The number of hydrogen-bond acceptors (Lipinski definition) is 5. The third-order valence-electron chi connectivity index (χ3n) is 5.61. The average Bonchev–Trinajstić information content (AvgIpc) is 2.83. The van der Waals surface area contributed by atoms with Crippen LogP contribution < -0.4 is 14.4 Å². The summed E-state index contributed by atoms with van der Waals surface area (Å²) in [5.41, 5.74) is 0.720. The molecule has 0 aromatic heterocycles. The Morgan fingerprint density at radius 2 is 1.78 bits per heavy atom. The van der Waals surface area contributed by atoms with Gasteiger partial charge in [0.25, 0.3) is 0 Å². The summed E-state index contributed by atoms with van der Waals surface area (Å²) >= 11 is 0. The van der Waals surface area contributed by atoms with Crippen molar-refractivity contribution in [1.82, 2.24) is 10.2 Å². The van der Waals surface area contributed by atoms with E-state index in [0.717, 1.165) is 16.1 Å². The molecular weight excluding hydrogens is 485 g/mol. The fraction of sp³-hybridized carbons (Fsp3) is 0.462. The summed E-state index contributed by atoms with van der Waals surface area (Å²) in [6, 6.07) is 12.1. The molecule has 0 aliphatic carbocycles. The molecule has 0 fully saturated rings. The van der Waals surface area contributed by atoms with Crippen molar-refractivity contribution in [2.45, 2.75) is 46.2 Å². The first kappa shape index (κ1) is 29.1. The molecule has 0 aliphatic rings. The summed E-state index contributed by atoms with van der Waals surface area (Å²) in [6.45, 7) is 6.20. The predicted molar refractivity (Wildman–Crippen MR) is 139 cm³/mol. The minimum atomic E-state index is -3.77. The van der Waals surface area contributed by atoms with Crippen LogP contribution in [-0.2, 0) is 26.2 Å². The number of ether oxygens (including phenoxy) is 1. The van der Waals surface area contributed by atoms with E-state index in [0.29, 0.717) is 12.3 Å². The lowest BCUT2D eigenvalue weighted by atomic mass is 10.1. The summed E-state index contributed by atoms with van der Waals surface area (Å²) in [7, 11) is -2.22. The Morgan fingerprint density at radius 1 is 1.08 bits per heavy atom. The zero-order chi connectivity index (χ0) is 26.9. The molecule has 198 valence electrons. The number of rotatable bonds is 13. The van der Waals surface area contributed by atoms with Gasteiger partial charge >= 0.3 is 0 Å². The van der Waals surface area contributed by atoms with Gasteiger partial charge in [-0.2, -0.15) is 0 Å².